The lowest BCUT2D eigenvalue weighted by Crippen LogP contribution is -2.45. The van der Waals surface area contributed by atoms with Gasteiger partial charge in [-0.3, -0.25) is 14.4 Å². The molecule has 1 fully saturated rings. The van der Waals surface area contributed by atoms with Gasteiger partial charge in [-0.1, -0.05) is 36.8 Å². The molecule has 0 aromatic heterocycles. The molecule has 0 saturated heterocycles. The van der Waals surface area contributed by atoms with Gasteiger partial charge in [-0.25, -0.2) is 0 Å². The van der Waals surface area contributed by atoms with Crippen molar-refractivity contribution in [3.63, 3.8) is 0 Å². The minimum Gasteiger partial charge on any atom is -0.481 e. The van der Waals surface area contributed by atoms with Crippen molar-refractivity contribution in [1.29, 1.82) is 0 Å². The van der Waals surface area contributed by atoms with Crippen LogP contribution in [0.2, 0.25) is 0 Å². The number of nitrogens with zero attached hydrogens (tertiary/aromatic N) is 1. The predicted molar refractivity (Wildman–Crippen MR) is 79.6 cm³/mol. The second kappa shape index (κ2) is 6.60. The lowest BCUT2D eigenvalue weighted by Gasteiger charge is -2.38. The van der Waals surface area contributed by atoms with Gasteiger partial charge in [0.05, 0.1) is 12.0 Å². The second-order valence-corrected chi connectivity index (χ2v) is 5.82. The first-order chi connectivity index (χ1) is 10.4. The van der Waals surface area contributed by atoms with Crippen LogP contribution in [0.1, 0.15) is 31.2 Å². The molecule has 2 amide bonds. The second-order valence-electron chi connectivity index (χ2n) is 5.82. The van der Waals surface area contributed by atoms with Crippen LogP contribution in [0.4, 0.5) is 0 Å². The van der Waals surface area contributed by atoms with Gasteiger partial charge in [-0.15, -0.1) is 0 Å². The van der Waals surface area contributed by atoms with E-state index in [9.17, 15) is 19.5 Å². The van der Waals surface area contributed by atoms with Crippen LogP contribution in [0.15, 0.2) is 30.3 Å². The molecule has 22 heavy (non-hydrogen) atoms. The summed E-state index contributed by atoms with van der Waals surface area (Å²) in [5.74, 6) is -1.89. The molecular weight excluding hydrogens is 284 g/mol. The Morgan fingerprint density at radius 1 is 1.18 bits per heavy atom. The lowest BCUT2D eigenvalue weighted by molar-refractivity contribution is -0.159. The number of carboxylic acid groups (broad SMARTS) is 1. The average molecular weight is 304 g/mol. The van der Waals surface area contributed by atoms with Gasteiger partial charge in [0.2, 0.25) is 11.8 Å². The number of amides is 2. The van der Waals surface area contributed by atoms with Crippen LogP contribution in [-0.4, -0.2) is 34.3 Å². The first kappa shape index (κ1) is 16.0. The zero-order chi connectivity index (χ0) is 16.2. The highest BCUT2D eigenvalue weighted by atomic mass is 16.4. The van der Waals surface area contributed by atoms with Gasteiger partial charge < -0.3 is 15.7 Å². The highest BCUT2D eigenvalue weighted by Crippen LogP contribution is 2.44. The molecule has 1 aliphatic rings. The maximum atomic E-state index is 12.5. The van der Waals surface area contributed by atoms with E-state index >= 15 is 0 Å². The SMILES string of the molecule is NC(=O)CN(Cc1ccccc1)C(=O)CC1(C(=O)O)CCC1. The van der Waals surface area contributed by atoms with Gasteiger partial charge >= 0.3 is 5.97 Å². The van der Waals surface area contributed by atoms with Crippen LogP contribution in [0, 0.1) is 5.41 Å². The summed E-state index contributed by atoms with van der Waals surface area (Å²) in [6.07, 6.45) is 1.74. The fourth-order valence-electron chi connectivity index (χ4n) is 2.70. The predicted octanol–water partition coefficient (Wildman–Crippen LogP) is 1.15. The summed E-state index contributed by atoms with van der Waals surface area (Å²) in [7, 11) is 0. The quantitative estimate of drug-likeness (QED) is 0.789. The van der Waals surface area contributed by atoms with Crippen LogP contribution < -0.4 is 5.73 Å². The minimum atomic E-state index is -0.969. The summed E-state index contributed by atoms with van der Waals surface area (Å²) in [6.45, 7) is 0.0434. The summed E-state index contributed by atoms with van der Waals surface area (Å²) in [4.78, 5) is 36.4. The van der Waals surface area contributed by atoms with Gasteiger partial charge in [0.1, 0.15) is 0 Å². The molecule has 0 atom stereocenters. The molecule has 0 unspecified atom stereocenters. The number of hydrogen-bond donors (Lipinski definition) is 2. The highest BCUT2D eigenvalue weighted by Gasteiger charge is 2.46. The Kier molecular flexibility index (Phi) is 4.80. The van der Waals surface area contributed by atoms with E-state index in [1.54, 1.807) is 0 Å². The fraction of sp³-hybridized carbons (Fsp3) is 0.438. The molecule has 0 radical (unpaired) electrons. The van der Waals surface area contributed by atoms with Crippen LogP contribution in [0.5, 0.6) is 0 Å². The summed E-state index contributed by atoms with van der Waals surface area (Å²) >= 11 is 0. The minimum absolute atomic E-state index is 0.0809. The van der Waals surface area contributed by atoms with Crippen LogP contribution >= 0.6 is 0 Å². The van der Waals surface area contributed by atoms with Crippen molar-refractivity contribution in [2.24, 2.45) is 11.1 Å². The smallest absolute Gasteiger partial charge is 0.310 e. The van der Waals surface area contributed by atoms with Gasteiger partial charge in [-0.2, -0.15) is 0 Å². The maximum Gasteiger partial charge on any atom is 0.310 e. The topological polar surface area (TPSA) is 101 Å². The van der Waals surface area contributed by atoms with Crippen molar-refractivity contribution in [3.05, 3.63) is 35.9 Å². The molecule has 3 N–H and O–H groups in total. The maximum absolute atomic E-state index is 12.5. The first-order valence-electron chi connectivity index (χ1n) is 7.26. The monoisotopic (exact) mass is 304 g/mol. The van der Waals surface area contributed by atoms with E-state index in [0.717, 1.165) is 12.0 Å². The van der Waals surface area contributed by atoms with Crippen molar-refractivity contribution in [2.75, 3.05) is 6.54 Å². The van der Waals surface area contributed by atoms with Gasteiger partial charge in [0, 0.05) is 13.0 Å². The van der Waals surface area contributed by atoms with Crippen LogP contribution in [-0.2, 0) is 20.9 Å². The number of carboxylic acids is 1. The number of benzene rings is 1. The third-order valence-electron chi connectivity index (χ3n) is 4.17. The molecule has 1 saturated carbocycles. The number of carbonyl (C=O) groups is 3. The highest BCUT2D eigenvalue weighted by molar-refractivity contribution is 5.88. The number of rotatable bonds is 7. The van der Waals surface area contributed by atoms with Gasteiger partial charge in [0.25, 0.3) is 0 Å². The van der Waals surface area contributed by atoms with Gasteiger partial charge in [-0.05, 0) is 18.4 Å². The number of carbonyl (C=O) groups excluding carboxylic acids is 2. The average Bonchev–Trinajstić information content (AvgIpc) is 2.42. The van der Waals surface area contributed by atoms with Crippen LogP contribution in [0.3, 0.4) is 0 Å². The molecule has 6 nitrogen and oxygen atoms in total. The van der Waals surface area contributed by atoms with E-state index < -0.39 is 17.3 Å². The molecular formula is C16H20N2O4. The Balaban J connectivity index is 2.09. The summed E-state index contributed by atoms with van der Waals surface area (Å²) < 4.78 is 0. The zero-order valence-corrected chi connectivity index (χ0v) is 12.3. The molecule has 0 bridgehead atoms. The third-order valence-corrected chi connectivity index (χ3v) is 4.17. The molecule has 0 spiro atoms. The summed E-state index contributed by atoms with van der Waals surface area (Å²) in [5, 5.41) is 9.32. The Bertz CT molecular complexity index is 567. The van der Waals surface area contributed by atoms with Gasteiger partial charge in [0.15, 0.2) is 0 Å². The molecule has 0 aliphatic heterocycles. The molecule has 118 valence electrons. The zero-order valence-electron chi connectivity index (χ0n) is 12.3. The van der Waals surface area contributed by atoms with Crippen molar-refractivity contribution in [1.82, 2.24) is 4.90 Å². The molecule has 6 heteroatoms. The Labute approximate surface area is 128 Å². The standard InChI is InChI=1S/C16H20N2O4/c17-13(19)11-18(10-12-5-2-1-3-6-12)14(20)9-16(15(21)22)7-4-8-16/h1-3,5-6H,4,7-11H2,(H2,17,19)(H,21,22). The number of hydrogen-bond acceptors (Lipinski definition) is 3. The molecule has 1 aliphatic carbocycles. The van der Waals surface area contributed by atoms with E-state index in [1.807, 2.05) is 30.3 Å². The third kappa shape index (κ3) is 3.63. The van der Waals surface area contributed by atoms with Crippen LogP contribution in [0.25, 0.3) is 0 Å². The number of nitrogens with two attached hydrogens (primary N) is 1. The Morgan fingerprint density at radius 3 is 2.27 bits per heavy atom. The molecule has 0 heterocycles. The summed E-state index contributed by atoms with van der Waals surface area (Å²) in [6, 6.07) is 9.23. The van der Waals surface area contributed by atoms with E-state index in [0.29, 0.717) is 12.8 Å². The lowest BCUT2D eigenvalue weighted by atomic mass is 9.66. The normalized spacial score (nSPS) is 15.6. The van der Waals surface area contributed by atoms with E-state index in [2.05, 4.69) is 0 Å². The van der Waals surface area contributed by atoms with Crippen molar-refractivity contribution in [2.45, 2.75) is 32.2 Å². The largest absolute Gasteiger partial charge is 0.481 e. The van der Waals surface area contributed by atoms with Crippen molar-refractivity contribution < 1.29 is 19.5 Å². The summed E-state index contributed by atoms with van der Waals surface area (Å²) in [5.41, 5.74) is 5.11. The van der Waals surface area contributed by atoms with E-state index in [-0.39, 0.29) is 25.4 Å². The Morgan fingerprint density at radius 2 is 1.82 bits per heavy atom. The molecule has 1 aromatic carbocycles. The molecule has 2 rings (SSSR count). The van der Waals surface area contributed by atoms with E-state index in [1.165, 1.54) is 4.90 Å². The number of aliphatic carboxylic acids is 1. The molecule has 1 aromatic rings. The first-order valence-corrected chi connectivity index (χ1v) is 7.26. The van der Waals surface area contributed by atoms with Crippen molar-refractivity contribution in [3.8, 4) is 0 Å². The fourth-order valence-corrected chi connectivity index (χ4v) is 2.70. The Hall–Kier alpha value is -2.37. The van der Waals surface area contributed by atoms with E-state index in [4.69, 9.17) is 5.73 Å². The number of primary amides is 1. The van der Waals surface area contributed by atoms with Crippen molar-refractivity contribution >= 4 is 17.8 Å².